The van der Waals surface area contributed by atoms with E-state index in [-0.39, 0.29) is 10.6 Å². The van der Waals surface area contributed by atoms with Crippen molar-refractivity contribution in [1.29, 1.82) is 0 Å². The number of carbonyl (C=O) groups is 1. The summed E-state index contributed by atoms with van der Waals surface area (Å²) in [6.45, 7) is 3.40. The lowest BCUT2D eigenvalue weighted by Gasteiger charge is -2.24. The van der Waals surface area contributed by atoms with E-state index in [1.807, 2.05) is 6.07 Å². The van der Waals surface area contributed by atoms with E-state index in [2.05, 4.69) is 0 Å². The van der Waals surface area contributed by atoms with E-state index >= 15 is 0 Å². The van der Waals surface area contributed by atoms with Gasteiger partial charge in [-0.1, -0.05) is 35.9 Å². The molecule has 0 aromatic heterocycles. The minimum absolute atomic E-state index is 0.0265. The van der Waals surface area contributed by atoms with Crippen LogP contribution in [0.4, 0.5) is 10.1 Å². The van der Waals surface area contributed by atoms with Crippen LogP contribution in [0.2, 0.25) is 5.02 Å². The summed E-state index contributed by atoms with van der Waals surface area (Å²) in [5, 5.41) is -1.29. The van der Waals surface area contributed by atoms with Gasteiger partial charge in [0.15, 0.2) is 9.84 Å². The van der Waals surface area contributed by atoms with Gasteiger partial charge in [0.05, 0.1) is 5.75 Å². The van der Waals surface area contributed by atoms with Gasteiger partial charge in [0.25, 0.3) is 0 Å². The Morgan fingerprint density at radius 2 is 1.80 bits per heavy atom. The lowest BCUT2D eigenvalue weighted by molar-refractivity contribution is -0.117. The van der Waals surface area contributed by atoms with E-state index < -0.39 is 32.6 Å². The van der Waals surface area contributed by atoms with Gasteiger partial charge in [-0.2, -0.15) is 0 Å². The molecule has 0 saturated carbocycles. The third-order valence-corrected chi connectivity index (χ3v) is 6.27. The molecule has 0 aliphatic heterocycles. The number of carbonyl (C=O) groups excluding carboxylic acids is 1. The molecule has 0 fully saturated rings. The molecular weight excluding hydrogens is 365 g/mol. The SMILES string of the molecule is CCN(C(=O)C(C)S(=O)(=O)Cc1c(F)cccc1Cl)c1ccccc1. The number of halogens is 2. The van der Waals surface area contributed by atoms with Crippen LogP contribution in [0, 0.1) is 5.82 Å². The van der Waals surface area contributed by atoms with Crippen LogP contribution in [0.5, 0.6) is 0 Å². The smallest absolute Gasteiger partial charge is 0.245 e. The van der Waals surface area contributed by atoms with Crippen LogP contribution in [-0.2, 0) is 20.4 Å². The molecule has 134 valence electrons. The summed E-state index contributed by atoms with van der Waals surface area (Å²) in [5.41, 5.74) is 0.493. The number of benzene rings is 2. The molecule has 0 spiro atoms. The molecular formula is C18H19ClFNO3S. The van der Waals surface area contributed by atoms with E-state index in [1.54, 1.807) is 31.2 Å². The molecule has 0 radical (unpaired) electrons. The Morgan fingerprint density at radius 1 is 1.16 bits per heavy atom. The first-order valence-electron chi connectivity index (χ1n) is 7.78. The van der Waals surface area contributed by atoms with Gasteiger partial charge in [-0.15, -0.1) is 0 Å². The van der Waals surface area contributed by atoms with Gasteiger partial charge >= 0.3 is 0 Å². The summed E-state index contributed by atoms with van der Waals surface area (Å²) in [5.74, 6) is -1.88. The number of rotatable bonds is 6. The van der Waals surface area contributed by atoms with Crippen LogP contribution < -0.4 is 4.90 Å². The molecule has 0 bridgehead atoms. The normalized spacial score (nSPS) is 12.6. The zero-order valence-electron chi connectivity index (χ0n) is 13.9. The zero-order chi connectivity index (χ0) is 18.6. The third kappa shape index (κ3) is 4.38. The Bertz CT molecular complexity index is 836. The highest BCUT2D eigenvalue weighted by atomic mass is 35.5. The van der Waals surface area contributed by atoms with Crippen molar-refractivity contribution in [3.8, 4) is 0 Å². The van der Waals surface area contributed by atoms with E-state index in [0.29, 0.717) is 12.2 Å². The molecule has 0 aliphatic rings. The van der Waals surface area contributed by atoms with Gasteiger partial charge in [-0.3, -0.25) is 4.79 Å². The molecule has 1 unspecified atom stereocenters. The number of sulfone groups is 1. The van der Waals surface area contributed by atoms with E-state index in [4.69, 9.17) is 11.6 Å². The largest absolute Gasteiger partial charge is 0.312 e. The minimum Gasteiger partial charge on any atom is -0.312 e. The van der Waals surface area contributed by atoms with E-state index in [9.17, 15) is 17.6 Å². The van der Waals surface area contributed by atoms with Crippen molar-refractivity contribution >= 4 is 33.0 Å². The summed E-state index contributed by atoms with van der Waals surface area (Å²) >= 11 is 5.91. The Morgan fingerprint density at radius 3 is 2.36 bits per heavy atom. The number of anilines is 1. The fourth-order valence-electron chi connectivity index (χ4n) is 2.44. The van der Waals surface area contributed by atoms with Gasteiger partial charge in [0, 0.05) is 22.8 Å². The molecule has 0 heterocycles. The average molecular weight is 384 g/mol. The highest BCUT2D eigenvalue weighted by molar-refractivity contribution is 7.92. The van der Waals surface area contributed by atoms with Crippen molar-refractivity contribution in [2.75, 3.05) is 11.4 Å². The van der Waals surface area contributed by atoms with Gasteiger partial charge in [0.1, 0.15) is 11.1 Å². The van der Waals surface area contributed by atoms with Crippen LogP contribution in [0.3, 0.4) is 0 Å². The maximum atomic E-state index is 13.9. The standard InChI is InChI=1S/C18H19ClFNO3S/c1-3-21(14-8-5-4-6-9-14)18(22)13(2)25(23,24)12-15-16(19)10-7-11-17(15)20/h4-11,13H,3,12H2,1-2H3. The number of amides is 1. The number of hydrogen-bond donors (Lipinski definition) is 0. The Kier molecular flexibility index (Phi) is 6.19. The predicted octanol–water partition coefficient (Wildman–Crippen LogP) is 3.84. The molecule has 1 atom stereocenters. The molecule has 2 aromatic rings. The van der Waals surface area contributed by atoms with Crippen molar-refractivity contribution in [2.24, 2.45) is 0 Å². The summed E-state index contributed by atoms with van der Waals surface area (Å²) in [4.78, 5) is 14.1. The molecule has 7 heteroatoms. The molecule has 2 rings (SSSR count). The van der Waals surface area contributed by atoms with Crippen LogP contribution in [0.25, 0.3) is 0 Å². The molecule has 1 amide bonds. The second kappa shape index (κ2) is 7.97. The van der Waals surface area contributed by atoms with Crippen molar-refractivity contribution in [2.45, 2.75) is 24.9 Å². The number of para-hydroxylation sites is 1. The van der Waals surface area contributed by atoms with Crippen LogP contribution >= 0.6 is 11.6 Å². The van der Waals surface area contributed by atoms with Gasteiger partial charge in [-0.05, 0) is 38.1 Å². The zero-order valence-corrected chi connectivity index (χ0v) is 15.5. The number of hydrogen-bond acceptors (Lipinski definition) is 3. The Hall–Kier alpha value is -1.92. The van der Waals surface area contributed by atoms with E-state index in [0.717, 1.165) is 6.07 Å². The first kappa shape index (κ1) is 19.4. The molecule has 4 nitrogen and oxygen atoms in total. The molecule has 0 N–H and O–H groups in total. The Labute approximate surface area is 152 Å². The second-order valence-electron chi connectivity index (χ2n) is 5.57. The molecule has 25 heavy (non-hydrogen) atoms. The minimum atomic E-state index is -3.94. The van der Waals surface area contributed by atoms with Crippen molar-refractivity contribution < 1.29 is 17.6 Å². The topological polar surface area (TPSA) is 54.5 Å². The highest BCUT2D eigenvalue weighted by Gasteiger charge is 2.33. The third-order valence-electron chi connectivity index (χ3n) is 3.94. The second-order valence-corrected chi connectivity index (χ2v) is 8.30. The summed E-state index contributed by atoms with van der Waals surface area (Å²) < 4.78 is 39.1. The summed E-state index contributed by atoms with van der Waals surface area (Å²) in [6, 6.07) is 12.8. The van der Waals surface area contributed by atoms with E-state index in [1.165, 1.54) is 24.0 Å². The maximum absolute atomic E-state index is 13.9. The van der Waals surface area contributed by atoms with Crippen molar-refractivity contribution in [3.05, 3.63) is 64.9 Å². The lowest BCUT2D eigenvalue weighted by Crippen LogP contribution is -2.42. The van der Waals surface area contributed by atoms with Gasteiger partial charge < -0.3 is 4.90 Å². The summed E-state index contributed by atoms with van der Waals surface area (Å²) in [7, 11) is -3.94. The maximum Gasteiger partial charge on any atom is 0.245 e. The Balaban J connectivity index is 2.28. The summed E-state index contributed by atoms with van der Waals surface area (Å²) in [6.07, 6.45) is 0. The van der Waals surface area contributed by atoms with Crippen LogP contribution in [-0.4, -0.2) is 26.1 Å². The van der Waals surface area contributed by atoms with Crippen LogP contribution in [0.15, 0.2) is 48.5 Å². The molecule has 2 aromatic carbocycles. The quantitative estimate of drug-likeness (QED) is 0.761. The van der Waals surface area contributed by atoms with Gasteiger partial charge in [-0.25, -0.2) is 12.8 Å². The predicted molar refractivity (Wildman–Crippen MR) is 98.0 cm³/mol. The molecule has 0 aliphatic carbocycles. The fraction of sp³-hybridized carbons (Fsp3) is 0.278. The average Bonchev–Trinajstić information content (AvgIpc) is 2.59. The monoisotopic (exact) mass is 383 g/mol. The fourth-order valence-corrected chi connectivity index (χ4v) is 4.13. The first-order valence-corrected chi connectivity index (χ1v) is 9.88. The van der Waals surface area contributed by atoms with Crippen molar-refractivity contribution in [1.82, 2.24) is 0 Å². The number of nitrogens with zero attached hydrogens (tertiary/aromatic N) is 1. The van der Waals surface area contributed by atoms with Crippen LogP contribution in [0.1, 0.15) is 19.4 Å². The first-order chi connectivity index (χ1) is 11.8. The van der Waals surface area contributed by atoms with Gasteiger partial charge in [0.2, 0.25) is 5.91 Å². The van der Waals surface area contributed by atoms with Crippen molar-refractivity contribution in [3.63, 3.8) is 0 Å². The molecule has 0 saturated heterocycles. The highest BCUT2D eigenvalue weighted by Crippen LogP contribution is 2.24. The lowest BCUT2D eigenvalue weighted by atomic mass is 10.2.